The van der Waals surface area contributed by atoms with E-state index in [0.29, 0.717) is 6.61 Å². The summed E-state index contributed by atoms with van der Waals surface area (Å²) in [5.74, 6) is 0.794. The molecule has 1 aromatic heterocycles. The maximum absolute atomic E-state index is 11.8. The summed E-state index contributed by atoms with van der Waals surface area (Å²) in [6.45, 7) is 2.91. The van der Waals surface area contributed by atoms with Gasteiger partial charge < -0.3 is 9.47 Å². The van der Waals surface area contributed by atoms with Crippen LogP contribution in [0.4, 0.5) is 4.79 Å². The van der Waals surface area contributed by atoms with E-state index in [0.717, 1.165) is 28.7 Å². The Labute approximate surface area is 129 Å². The summed E-state index contributed by atoms with van der Waals surface area (Å²) in [6, 6.07) is 11.8. The third kappa shape index (κ3) is 4.48. The van der Waals surface area contributed by atoms with Crippen molar-refractivity contribution in [3.8, 4) is 5.75 Å². The predicted molar refractivity (Wildman–Crippen MR) is 83.1 cm³/mol. The summed E-state index contributed by atoms with van der Waals surface area (Å²) < 4.78 is 11.6. The second-order valence-corrected chi connectivity index (χ2v) is 4.81. The van der Waals surface area contributed by atoms with Gasteiger partial charge in [-0.15, -0.1) is 0 Å². The molecule has 116 valence electrons. The SMILES string of the molecule is CCCCOc1ccc(COC(=O)n2ccccc2=O)cc1. The van der Waals surface area contributed by atoms with Crippen molar-refractivity contribution in [2.24, 2.45) is 0 Å². The molecule has 0 bridgehead atoms. The van der Waals surface area contributed by atoms with Crippen LogP contribution >= 0.6 is 0 Å². The lowest BCUT2D eigenvalue weighted by Crippen LogP contribution is -2.26. The number of aromatic nitrogens is 1. The Bertz CT molecular complexity index is 661. The normalized spacial score (nSPS) is 10.2. The Morgan fingerprint density at radius 1 is 1.14 bits per heavy atom. The summed E-state index contributed by atoms with van der Waals surface area (Å²) in [5.41, 5.74) is 0.423. The molecule has 5 nitrogen and oxygen atoms in total. The molecule has 22 heavy (non-hydrogen) atoms. The summed E-state index contributed by atoms with van der Waals surface area (Å²) in [6.07, 6.45) is 2.81. The summed E-state index contributed by atoms with van der Waals surface area (Å²) in [7, 11) is 0. The van der Waals surface area contributed by atoms with E-state index in [9.17, 15) is 9.59 Å². The maximum atomic E-state index is 11.8. The van der Waals surface area contributed by atoms with E-state index in [4.69, 9.17) is 9.47 Å². The first-order valence-electron chi connectivity index (χ1n) is 7.27. The van der Waals surface area contributed by atoms with Crippen molar-refractivity contribution in [1.82, 2.24) is 4.57 Å². The molecule has 0 aliphatic rings. The van der Waals surface area contributed by atoms with Crippen molar-refractivity contribution in [1.29, 1.82) is 0 Å². The molecule has 2 rings (SSSR count). The largest absolute Gasteiger partial charge is 0.494 e. The first-order chi connectivity index (χ1) is 10.7. The molecule has 0 aliphatic carbocycles. The Hall–Kier alpha value is -2.56. The zero-order chi connectivity index (χ0) is 15.8. The first kappa shape index (κ1) is 15.8. The number of hydrogen-bond donors (Lipinski definition) is 0. The van der Waals surface area contributed by atoms with E-state index in [1.165, 1.54) is 12.3 Å². The van der Waals surface area contributed by atoms with Crippen LogP contribution in [-0.4, -0.2) is 17.3 Å². The van der Waals surface area contributed by atoms with Crippen molar-refractivity contribution < 1.29 is 14.3 Å². The average molecular weight is 301 g/mol. The molecule has 0 spiro atoms. The number of hydrogen-bond acceptors (Lipinski definition) is 4. The standard InChI is InChI=1S/C17H19NO4/c1-2-3-12-21-15-9-7-14(8-10-15)13-22-17(20)18-11-5-4-6-16(18)19/h4-11H,2-3,12-13H2,1H3. The number of unbranched alkanes of at least 4 members (excludes halogenated alkanes) is 1. The van der Waals surface area contributed by atoms with Crippen LogP contribution in [0.2, 0.25) is 0 Å². The number of benzene rings is 1. The number of carbonyl (C=O) groups excluding carboxylic acids is 1. The average Bonchev–Trinajstić information content (AvgIpc) is 2.54. The monoisotopic (exact) mass is 301 g/mol. The van der Waals surface area contributed by atoms with Crippen molar-refractivity contribution >= 4 is 6.09 Å². The van der Waals surface area contributed by atoms with E-state index in [1.807, 2.05) is 24.3 Å². The molecule has 2 aromatic rings. The van der Waals surface area contributed by atoms with Gasteiger partial charge in [-0.1, -0.05) is 31.5 Å². The Kier molecular flexibility index (Phi) is 5.77. The van der Waals surface area contributed by atoms with Crippen LogP contribution in [0.1, 0.15) is 25.3 Å². The van der Waals surface area contributed by atoms with E-state index >= 15 is 0 Å². The van der Waals surface area contributed by atoms with Crippen LogP contribution < -0.4 is 10.3 Å². The molecule has 5 heteroatoms. The summed E-state index contributed by atoms with van der Waals surface area (Å²) in [4.78, 5) is 23.3. The van der Waals surface area contributed by atoms with Crippen molar-refractivity contribution in [3.63, 3.8) is 0 Å². The third-order valence-electron chi connectivity index (χ3n) is 3.07. The lowest BCUT2D eigenvalue weighted by Gasteiger charge is -2.08. The Morgan fingerprint density at radius 3 is 2.59 bits per heavy atom. The topological polar surface area (TPSA) is 57.5 Å². The fourth-order valence-electron chi connectivity index (χ4n) is 1.81. The lowest BCUT2D eigenvalue weighted by molar-refractivity contribution is 0.140. The highest BCUT2D eigenvalue weighted by atomic mass is 16.5. The predicted octanol–water partition coefficient (Wildman–Crippen LogP) is 3.21. The van der Waals surface area contributed by atoms with Gasteiger partial charge in [0.15, 0.2) is 0 Å². The molecular weight excluding hydrogens is 282 g/mol. The van der Waals surface area contributed by atoms with Crippen LogP contribution in [0.5, 0.6) is 5.75 Å². The number of nitrogens with zero attached hydrogens (tertiary/aromatic N) is 1. The van der Waals surface area contributed by atoms with Crippen LogP contribution in [0, 0.1) is 0 Å². The van der Waals surface area contributed by atoms with Gasteiger partial charge in [-0.3, -0.25) is 4.79 Å². The number of rotatable bonds is 6. The van der Waals surface area contributed by atoms with E-state index < -0.39 is 11.7 Å². The highest BCUT2D eigenvalue weighted by molar-refractivity contribution is 5.70. The molecule has 0 aliphatic heterocycles. The zero-order valence-electron chi connectivity index (χ0n) is 12.5. The molecule has 0 fully saturated rings. The third-order valence-corrected chi connectivity index (χ3v) is 3.07. The Balaban J connectivity index is 1.88. The van der Waals surface area contributed by atoms with E-state index in [-0.39, 0.29) is 6.61 Å². The highest BCUT2D eigenvalue weighted by Crippen LogP contribution is 2.13. The fraction of sp³-hybridized carbons (Fsp3) is 0.294. The van der Waals surface area contributed by atoms with Gasteiger partial charge >= 0.3 is 6.09 Å². The molecule has 0 saturated heterocycles. The van der Waals surface area contributed by atoms with Gasteiger partial charge in [0.1, 0.15) is 12.4 Å². The van der Waals surface area contributed by atoms with Crippen molar-refractivity contribution in [2.75, 3.05) is 6.61 Å². The second kappa shape index (κ2) is 8.02. The minimum atomic E-state index is -0.686. The summed E-state index contributed by atoms with van der Waals surface area (Å²) >= 11 is 0. The van der Waals surface area contributed by atoms with Gasteiger partial charge in [-0.2, -0.15) is 0 Å². The molecule has 0 N–H and O–H groups in total. The Morgan fingerprint density at radius 2 is 1.91 bits per heavy atom. The fourth-order valence-corrected chi connectivity index (χ4v) is 1.81. The maximum Gasteiger partial charge on any atom is 0.421 e. The van der Waals surface area contributed by atoms with Gasteiger partial charge in [-0.05, 0) is 30.2 Å². The van der Waals surface area contributed by atoms with Crippen molar-refractivity contribution in [3.05, 3.63) is 64.6 Å². The molecular formula is C17H19NO4. The van der Waals surface area contributed by atoms with Gasteiger partial charge in [0.25, 0.3) is 5.56 Å². The molecule has 0 atom stereocenters. The minimum absolute atomic E-state index is 0.107. The highest BCUT2D eigenvalue weighted by Gasteiger charge is 2.07. The van der Waals surface area contributed by atoms with E-state index in [1.54, 1.807) is 12.1 Å². The molecule has 0 unspecified atom stereocenters. The summed E-state index contributed by atoms with van der Waals surface area (Å²) in [5, 5.41) is 0. The molecule has 0 amide bonds. The molecule has 1 aromatic carbocycles. The molecule has 0 radical (unpaired) electrons. The van der Waals surface area contributed by atoms with Crippen LogP contribution in [0.15, 0.2) is 53.5 Å². The van der Waals surface area contributed by atoms with Crippen LogP contribution in [0.3, 0.4) is 0 Å². The van der Waals surface area contributed by atoms with E-state index in [2.05, 4.69) is 6.92 Å². The van der Waals surface area contributed by atoms with Gasteiger partial charge in [0.05, 0.1) is 6.61 Å². The molecule has 1 heterocycles. The van der Waals surface area contributed by atoms with Gasteiger partial charge in [0.2, 0.25) is 0 Å². The first-order valence-corrected chi connectivity index (χ1v) is 7.27. The number of pyridine rings is 1. The van der Waals surface area contributed by atoms with Gasteiger partial charge in [0, 0.05) is 12.3 Å². The van der Waals surface area contributed by atoms with Crippen LogP contribution in [-0.2, 0) is 11.3 Å². The zero-order valence-corrected chi connectivity index (χ0v) is 12.5. The number of carbonyl (C=O) groups is 1. The van der Waals surface area contributed by atoms with Crippen molar-refractivity contribution in [2.45, 2.75) is 26.4 Å². The quantitative estimate of drug-likeness (QED) is 0.769. The van der Waals surface area contributed by atoms with Crippen LogP contribution in [0.25, 0.3) is 0 Å². The molecule has 0 saturated carbocycles. The minimum Gasteiger partial charge on any atom is -0.494 e. The number of ether oxygens (including phenoxy) is 2. The smallest absolute Gasteiger partial charge is 0.421 e. The van der Waals surface area contributed by atoms with Gasteiger partial charge in [-0.25, -0.2) is 9.36 Å². The second-order valence-electron chi connectivity index (χ2n) is 4.81. The lowest BCUT2D eigenvalue weighted by atomic mass is 10.2.